The summed E-state index contributed by atoms with van der Waals surface area (Å²) in [6.45, 7) is 4.56. The second-order valence-corrected chi connectivity index (χ2v) is 10.6. The summed E-state index contributed by atoms with van der Waals surface area (Å²) in [6, 6.07) is 18.7. The SMILES string of the molecule is Cc1nn(-c2ccc(F)cc2)c(C)c1C(=O)N1CCN(S(=O)(=O)c2ccc3ccccc3c2)CC1. The fourth-order valence-corrected chi connectivity index (χ4v) is 6.01. The molecule has 1 aromatic heterocycles. The molecule has 1 aliphatic rings. The van der Waals surface area contributed by atoms with Crippen LogP contribution in [0, 0.1) is 19.7 Å². The number of hydrogen-bond donors (Lipinski definition) is 0. The van der Waals surface area contributed by atoms with Gasteiger partial charge >= 0.3 is 0 Å². The summed E-state index contributed by atoms with van der Waals surface area (Å²) < 4.78 is 42.9. The molecule has 3 aromatic carbocycles. The summed E-state index contributed by atoms with van der Waals surface area (Å²) in [5.41, 5.74) is 2.38. The average Bonchev–Trinajstić information content (AvgIpc) is 3.17. The lowest BCUT2D eigenvalue weighted by Gasteiger charge is -2.34. The lowest BCUT2D eigenvalue weighted by Crippen LogP contribution is -2.50. The van der Waals surface area contributed by atoms with Crippen molar-refractivity contribution in [2.75, 3.05) is 26.2 Å². The predicted molar refractivity (Wildman–Crippen MR) is 132 cm³/mol. The van der Waals surface area contributed by atoms with E-state index in [1.54, 1.807) is 47.7 Å². The third kappa shape index (κ3) is 4.21. The van der Waals surface area contributed by atoms with Crippen LogP contribution in [-0.4, -0.2) is 59.5 Å². The van der Waals surface area contributed by atoms with Crippen LogP contribution in [0.25, 0.3) is 16.5 Å². The maximum absolute atomic E-state index is 13.4. The Hall–Kier alpha value is -3.56. The number of halogens is 1. The minimum atomic E-state index is -3.67. The van der Waals surface area contributed by atoms with E-state index in [0.717, 1.165) is 10.8 Å². The first-order valence-electron chi connectivity index (χ1n) is 11.4. The first kappa shape index (κ1) is 23.2. The number of piperazine rings is 1. The Kier molecular flexibility index (Phi) is 5.90. The molecule has 0 radical (unpaired) electrons. The summed E-state index contributed by atoms with van der Waals surface area (Å²) in [5.74, 6) is -0.529. The highest BCUT2D eigenvalue weighted by Crippen LogP contribution is 2.25. The number of carbonyl (C=O) groups is 1. The summed E-state index contributed by atoms with van der Waals surface area (Å²) in [5, 5.41) is 6.33. The normalized spacial score (nSPS) is 15.0. The topological polar surface area (TPSA) is 75.5 Å². The smallest absolute Gasteiger partial charge is 0.257 e. The summed E-state index contributed by atoms with van der Waals surface area (Å²) in [6.07, 6.45) is 0. The van der Waals surface area contributed by atoms with Crippen LogP contribution in [0.4, 0.5) is 4.39 Å². The number of fused-ring (bicyclic) bond motifs is 1. The summed E-state index contributed by atoms with van der Waals surface area (Å²) in [7, 11) is -3.67. The van der Waals surface area contributed by atoms with E-state index in [2.05, 4.69) is 5.10 Å². The molecule has 4 aromatic rings. The molecule has 1 fully saturated rings. The zero-order chi connectivity index (χ0) is 24.7. The Morgan fingerprint density at radius 3 is 2.23 bits per heavy atom. The van der Waals surface area contributed by atoms with Crippen LogP contribution >= 0.6 is 0 Å². The highest BCUT2D eigenvalue weighted by atomic mass is 32.2. The zero-order valence-corrected chi connectivity index (χ0v) is 20.3. The van der Waals surface area contributed by atoms with Crippen LogP contribution in [0.2, 0.25) is 0 Å². The van der Waals surface area contributed by atoms with Gasteiger partial charge in [0.1, 0.15) is 5.82 Å². The number of aryl methyl sites for hydroxylation is 1. The number of benzene rings is 3. The van der Waals surface area contributed by atoms with Gasteiger partial charge < -0.3 is 4.90 Å². The van der Waals surface area contributed by atoms with Gasteiger partial charge in [-0.15, -0.1) is 0 Å². The van der Waals surface area contributed by atoms with Crippen molar-refractivity contribution < 1.29 is 17.6 Å². The van der Waals surface area contributed by atoms with Gasteiger partial charge in [-0.05, 0) is 61.0 Å². The van der Waals surface area contributed by atoms with E-state index in [9.17, 15) is 17.6 Å². The molecule has 0 bridgehead atoms. The zero-order valence-electron chi connectivity index (χ0n) is 19.5. The van der Waals surface area contributed by atoms with Crippen LogP contribution in [0.5, 0.6) is 0 Å². The molecule has 9 heteroatoms. The molecule has 0 atom stereocenters. The molecule has 1 amide bonds. The van der Waals surface area contributed by atoms with E-state index in [1.807, 2.05) is 30.3 Å². The number of nitrogens with zero attached hydrogens (tertiary/aromatic N) is 4. The van der Waals surface area contributed by atoms with Crippen LogP contribution in [0.1, 0.15) is 21.7 Å². The molecule has 2 heterocycles. The Balaban J connectivity index is 1.33. The Morgan fingerprint density at radius 2 is 1.54 bits per heavy atom. The van der Waals surface area contributed by atoms with Crippen molar-refractivity contribution in [1.82, 2.24) is 19.0 Å². The van der Waals surface area contributed by atoms with E-state index in [-0.39, 0.29) is 42.8 Å². The molecular weight excluding hydrogens is 467 g/mol. The lowest BCUT2D eigenvalue weighted by molar-refractivity contribution is 0.0696. The van der Waals surface area contributed by atoms with Crippen molar-refractivity contribution in [2.24, 2.45) is 0 Å². The molecule has 0 saturated carbocycles. The summed E-state index contributed by atoms with van der Waals surface area (Å²) >= 11 is 0. The first-order valence-corrected chi connectivity index (χ1v) is 12.8. The maximum Gasteiger partial charge on any atom is 0.257 e. The molecule has 1 aliphatic heterocycles. The van der Waals surface area contributed by atoms with Gasteiger partial charge in [-0.2, -0.15) is 9.40 Å². The van der Waals surface area contributed by atoms with Gasteiger partial charge in [-0.1, -0.05) is 30.3 Å². The van der Waals surface area contributed by atoms with Gasteiger partial charge in [0.2, 0.25) is 10.0 Å². The standard InChI is InChI=1S/C26H25FN4O3S/c1-18-25(19(2)31(28-18)23-10-8-22(27)9-11-23)26(32)29-13-15-30(16-14-29)35(33,34)24-12-7-20-5-3-4-6-21(20)17-24/h3-12,17H,13-16H2,1-2H3. The first-order chi connectivity index (χ1) is 16.8. The third-order valence-electron chi connectivity index (χ3n) is 6.46. The quantitative estimate of drug-likeness (QED) is 0.433. The van der Waals surface area contributed by atoms with Gasteiger partial charge in [0, 0.05) is 26.2 Å². The van der Waals surface area contributed by atoms with E-state index in [1.165, 1.54) is 16.4 Å². The van der Waals surface area contributed by atoms with Crippen molar-refractivity contribution in [3.05, 3.63) is 89.5 Å². The third-order valence-corrected chi connectivity index (χ3v) is 8.36. The lowest BCUT2D eigenvalue weighted by atomic mass is 10.1. The second kappa shape index (κ2) is 8.90. The molecule has 180 valence electrons. The molecule has 5 rings (SSSR count). The van der Waals surface area contributed by atoms with Crippen LogP contribution in [-0.2, 0) is 10.0 Å². The number of amides is 1. The fraction of sp³-hybridized carbons (Fsp3) is 0.231. The molecular formula is C26H25FN4O3S. The molecule has 1 saturated heterocycles. The van der Waals surface area contributed by atoms with Crippen molar-refractivity contribution in [2.45, 2.75) is 18.7 Å². The number of aromatic nitrogens is 2. The van der Waals surface area contributed by atoms with Crippen molar-refractivity contribution in [1.29, 1.82) is 0 Å². The Labute approximate surface area is 203 Å². The average molecular weight is 493 g/mol. The van der Waals surface area contributed by atoms with Crippen LogP contribution < -0.4 is 0 Å². The molecule has 7 nitrogen and oxygen atoms in total. The van der Waals surface area contributed by atoms with Gasteiger partial charge in [-0.25, -0.2) is 17.5 Å². The van der Waals surface area contributed by atoms with E-state index >= 15 is 0 Å². The van der Waals surface area contributed by atoms with Crippen molar-refractivity contribution in [3.63, 3.8) is 0 Å². The second-order valence-electron chi connectivity index (χ2n) is 8.64. The Morgan fingerprint density at radius 1 is 0.886 bits per heavy atom. The van der Waals surface area contributed by atoms with Gasteiger partial charge in [-0.3, -0.25) is 4.79 Å². The molecule has 0 spiro atoms. The number of carbonyl (C=O) groups excluding carboxylic acids is 1. The minimum absolute atomic E-state index is 0.184. The number of rotatable bonds is 4. The molecule has 35 heavy (non-hydrogen) atoms. The fourth-order valence-electron chi connectivity index (χ4n) is 4.55. The van der Waals surface area contributed by atoms with Gasteiger partial charge in [0.25, 0.3) is 5.91 Å². The van der Waals surface area contributed by atoms with Gasteiger partial charge in [0.15, 0.2) is 0 Å². The molecule has 0 N–H and O–H groups in total. The largest absolute Gasteiger partial charge is 0.336 e. The van der Waals surface area contributed by atoms with Crippen LogP contribution in [0.15, 0.2) is 71.6 Å². The minimum Gasteiger partial charge on any atom is -0.336 e. The van der Waals surface area contributed by atoms with Crippen molar-refractivity contribution >= 4 is 26.7 Å². The van der Waals surface area contributed by atoms with Crippen molar-refractivity contribution in [3.8, 4) is 5.69 Å². The highest BCUT2D eigenvalue weighted by Gasteiger charge is 2.32. The van der Waals surface area contributed by atoms with E-state index in [0.29, 0.717) is 22.6 Å². The highest BCUT2D eigenvalue weighted by molar-refractivity contribution is 7.89. The molecule has 0 aliphatic carbocycles. The Bertz CT molecular complexity index is 1520. The van der Waals surface area contributed by atoms with Gasteiger partial charge in [0.05, 0.1) is 27.5 Å². The summed E-state index contributed by atoms with van der Waals surface area (Å²) in [4.78, 5) is 15.3. The van der Waals surface area contributed by atoms with Crippen LogP contribution in [0.3, 0.4) is 0 Å². The monoisotopic (exact) mass is 492 g/mol. The van der Waals surface area contributed by atoms with E-state index in [4.69, 9.17) is 0 Å². The predicted octanol–water partition coefficient (Wildman–Crippen LogP) is 3.93. The van der Waals surface area contributed by atoms with E-state index < -0.39 is 10.0 Å². The molecule has 0 unspecified atom stereocenters. The number of hydrogen-bond acceptors (Lipinski definition) is 4. The number of sulfonamides is 1. The maximum atomic E-state index is 13.4.